The molecule has 0 bridgehead atoms. The topological polar surface area (TPSA) is 38.1 Å². The van der Waals surface area contributed by atoms with Crippen LogP contribution < -0.4 is 0 Å². The molecule has 1 fully saturated rings. The van der Waals surface area contributed by atoms with E-state index in [1.165, 1.54) is 0 Å². The van der Waals surface area contributed by atoms with E-state index >= 15 is 0 Å². The lowest BCUT2D eigenvalue weighted by Crippen LogP contribution is -2.48. The van der Waals surface area contributed by atoms with Crippen LogP contribution in [0, 0.1) is 11.8 Å². The Bertz CT molecular complexity index is 320. The highest BCUT2D eigenvalue weighted by Gasteiger charge is 2.49. The van der Waals surface area contributed by atoms with Gasteiger partial charge in [0.15, 0.2) is 0 Å². The zero-order chi connectivity index (χ0) is 9.64. The minimum Gasteiger partial charge on any atom is -0.385 e. The third-order valence-electron chi connectivity index (χ3n) is 3.44. The van der Waals surface area contributed by atoms with Gasteiger partial charge in [0.2, 0.25) is 0 Å². The fraction of sp³-hybridized carbons (Fsp3) is 0.700. The van der Waals surface area contributed by atoms with Crippen LogP contribution in [0.3, 0.4) is 0 Å². The Labute approximate surface area is 78.4 Å². The Morgan fingerprint density at radius 1 is 1.62 bits per heavy atom. The molecule has 1 aliphatic carbocycles. The Morgan fingerprint density at radius 2 is 2.31 bits per heavy atom. The quantitative estimate of drug-likeness (QED) is 0.707. The molecule has 2 rings (SSSR count). The number of hydrogen-bond acceptors (Lipinski definition) is 2. The second kappa shape index (κ2) is 2.58. The summed E-state index contributed by atoms with van der Waals surface area (Å²) in [4.78, 5) is 0. The van der Waals surface area contributed by atoms with Gasteiger partial charge in [-0.15, -0.1) is 0 Å². The van der Waals surface area contributed by atoms with Crippen molar-refractivity contribution < 1.29 is 5.11 Å². The Kier molecular flexibility index (Phi) is 1.74. The summed E-state index contributed by atoms with van der Waals surface area (Å²) >= 11 is 0. The van der Waals surface area contributed by atoms with Gasteiger partial charge >= 0.3 is 0 Å². The molecule has 3 nitrogen and oxygen atoms in total. The van der Waals surface area contributed by atoms with Crippen LogP contribution in [-0.4, -0.2) is 14.9 Å². The zero-order valence-electron chi connectivity index (χ0n) is 8.36. The smallest absolute Gasteiger partial charge is 0.0957 e. The molecule has 13 heavy (non-hydrogen) atoms. The Hall–Kier alpha value is -0.830. The van der Waals surface area contributed by atoms with E-state index in [1.54, 1.807) is 10.9 Å². The maximum absolute atomic E-state index is 10.3. The van der Waals surface area contributed by atoms with Crippen molar-refractivity contribution in [1.29, 1.82) is 0 Å². The van der Waals surface area contributed by atoms with Crippen molar-refractivity contribution in [3.63, 3.8) is 0 Å². The molecule has 1 aromatic rings. The minimum absolute atomic E-state index is 0.344. The van der Waals surface area contributed by atoms with Crippen molar-refractivity contribution >= 4 is 0 Å². The molecule has 1 heterocycles. The van der Waals surface area contributed by atoms with Gasteiger partial charge in [-0.3, -0.25) is 4.68 Å². The molecular weight excluding hydrogens is 164 g/mol. The summed E-state index contributed by atoms with van der Waals surface area (Å²) < 4.78 is 1.74. The number of nitrogens with zero attached hydrogens (tertiary/aromatic N) is 2. The molecule has 1 aromatic heterocycles. The number of hydrogen-bond donors (Lipinski definition) is 1. The molecule has 1 aliphatic rings. The molecule has 0 aromatic carbocycles. The van der Waals surface area contributed by atoms with E-state index in [0.29, 0.717) is 11.8 Å². The standard InChI is InChI=1S/C10H16N2O/c1-7-4-10(13,8(7)2)9-5-11-12(3)6-9/h5-8,13H,4H2,1-3H3. The van der Waals surface area contributed by atoms with Crippen molar-refractivity contribution in [2.45, 2.75) is 25.9 Å². The van der Waals surface area contributed by atoms with Crippen molar-refractivity contribution in [3.05, 3.63) is 18.0 Å². The van der Waals surface area contributed by atoms with Crippen molar-refractivity contribution in [2.75, 3.05) is 0 Å². The van der Waals surface area contributed by atoms with E-state index < -0.39 is 5.60 Å². The molecule has 0 aliphatic heterocycles. The third-order valence-corrected chi connectivity index (χ3v) is 3.44. The molecular formula is C10H16N2O. The highest BCUT2D eigenvalue weighted by molar-refractivity contribution is 5.21. The van der Waals surface area contributed by atoms with E-state index in [1.807, 2.05) is 13.2 Å². The van der Waals surface area contributed by atoms with Crippen LogP contribution in [0.4, 0.5) is 0 Å². The van der Waals surface area contributed by atoms with Gasteiger partial charge in [-0.05, 0) is 18.3 Å². The van der Waals surface area contributed by atoms with Gasteiger partial charge in [0.25, 0.3) is 0 Å². The van der Waals surface area contributed by atoms with E-state index in [4.69, 9.17) is 0 Å². The van der Waals surface area contributed by atoms with Gasteiger partial charge in [0, 0.05) is 18.8 Å². The number of aryl methyl sites for hydroxylation is 1. The summed E-state index contributed by atoms with van der Waals surface area (Å²) in [6, 6.07) is 0. The van der Waals surface area contributed by atoms with Crippen LogP contribution in [-0.2, 0) is 12.6 Å². The number of aromatic nitrogens is 2. The van der Waals surface area contributed by atoms with Crippen LogP contribution in [0.1, 0.15) is 25.8 Å². The normalized spacial score (nSPS) is 38.8. The first-order chi connectivity index (χ1) is 6.04. The van der Waals surface area contributed by atoms with Gasteiger partial charge in [-0.2, -0.15) is 5.10 Å². The van der Waals surface area contributed by atoms with Gasteiger partial charge in [0.1, 0.15) is 0 Å². The van der Waals surface area contributed by atoms with Crippen LogP contribution in [0.15, 0.2) is 12.4 Å². The second-order valence-electron chi connectivity index (χ2n) is 4.30. The molecule has 3 atom stereocenters. The average molecular weight is 180 g/mol. The molecule has 3 unspecified atom stereocenters. The predicted molar refractivity (Wildman–Crippen MR) is 50.0 cm³/mol. The van der Waals surface area contributed by atoms with E-state index in [-0.39, 0.29) is 0 Å². The lowest BCUT2D eigenvalue weighted by Gasteiger charge is -2.48. The predicted octanol–water partition coefficient (Wildman–Crippen LogP) is 1.28. The molecule has 0 saturated heterocycles. The zero-order valence-corrected chi connectivity index (χ0v) is 8.36. The molecule has 3 heteroatoms. The number of aliphatic hydroxyl groups is 1. The van der Waals surface area contributed by atoms with Crippen molar-refractivity contribution in [3.8, 4) is 0 Å². The number of rotatable bonds is 1. The lowest BCUT2D eigenvalue weighted by atomic mass is 9.61. The molecule has 0 spiro atoms. The first-order valence-corrected chi connectivity index (χ1v) is 4.75. The molecule has 1 saturated carbocycles. The first-order valence-electron chi connectivity index (χ1n) is 4.75. The Balaban J connectivity index is 2.27. The van der Waals surface area contributed by atoms with Gasteiger partial charge in [-0.1, -0.05) is 13.8 Å². The second-order valence-corrected chi connectivity index (χ2v) is 4.30. The molecule has 0 radical (unpaired) electrons. The van der Waals surface area contributed by atoms with E-state index in [2.05, 4.69) is 18.9 Å². The van der Waals surface area contributed by atoms with Gasteiger partial charge in [0.05, 0.1) is 11.8 Å². The summed E-state index contributed by atoms with van der Waals surface area (Å²) in [5.41, 5.74) is 0.342. The highest BCUT2D eigenvalue weighted by atomic mass is 16.3. The van der Waals surface area contributed by atoms with Gasteiger partial charge in [-0.25, -0.2) is 0 Å². The monoisotopic (exact) mass is 180 g/mol. The van der Waals surface area contributed by atoms with Crippen LogP contribution in [0.5, 0.6) is 0 Å². The average Bonchev–Trinajstić information content (AvgIpc) is 2.51. The fourth-order valence-corrected chi connectivity index (χ4v) is 2.19. The molecule has 0 amide bonds. The van der Waals surface area contributed by atoms with Crippen molar-refractivity contribution in [1.82, 2.24) is 9.78 Å². The van der Waals surface area contributed by atoms with E-state index in [9.17, 15) is 5.11 Å². The summed E-state index contributed by atoms with van der Waals surface area (Å²) in [6.45, 7) is 4.27. The van der Waals surface area contributed by atoms with Crippen LogP contribution >= 0.6 is 0 Å². The summed E-state index contributed by atoms with van der Waals surface area (Å²) in [7, 11) is 1.87. The van der Waals surface area contributed by atoms with Crippen molar-refractivity contribution in [2.24, 2.45) is 18.9 Å². The maximum atomic E-state index is 10.3. The largest absolute Gasteiger partial charge is 0.385 e. The SMILES string of the molecule is CC1CC(O)(c2cnn(C)c2)C1C. The lowest BCUT2D eigenvalue weighted by molar-refractivity contribution is -0.132. The van der Waals surface area contributed by atoms with Gasteiger partial charge < -0.3 is 5.11 Å². The summed E-state index contributed by atoms with van der Waals surface area (Å²) in [6.07, 6.45) is 4.53. The minimum atomic E-state index is -0.617. The van der Waals surface area contributed by atoms with Crippen LogP contribution in [0.2, 0.25) is 0 Å². The van der Waals surface area contributed by atoms with E-state index in [0.717, 1.165) is 12.0 Å². The molecule has 1 N–H and O–H groups in total. The summed E-state index contributed by atoms with van der Waals surface area (Å²) in [5.74, 6) is 0.960. The third kappa shape index (κ3) is 1.10. The first kappa shape index (κ1) is 8.75. The highest BCUT2D eigenvalue weighted by Crippen LogP contribution is 2.50. The molecule has 72 valence electrons. The summed E-state index contributed by atoms with van der Waals surface area (Å²) in [5, 5.41) is 14.4. The fourth-order valence-electron chi connectivity index (χ4n) is 2.19. The maximum Gasteiger partial charge on any atom is 0.0957 e. The van der Waals surface area contributed by atoms with Crippen LogP contribution in [0.25, 0.3) is 0 Å². The Morgan fingerprint density at radius 3 is 2.69 bits per heavy atom.